The van der Waals surface area contributed by atoms with E-state index in [-0.39, 0.29) is 0 Å². The van der Waals surface area contributed by atoms with Crippen molar-refractivity contribution in [1.29, 1.82) is 0 Å². The highest BCUT2D eigenvalue weighted by molar-refractivity contribution is 4.77. The molecule has 0 radical (unpaired) electrons. The van der Waals surface area contributed by atoms with Gasteiger partial charge in [-0.3, -0.25) is 0 Å². The second kappa shape index (κ2) is 38.7. The first-order valence-electron chi connectivity index (χ1n) is 23.5. The lowest BCUT2D eigenvalue weighted by Gasteiger charge is -2.28. The molecule has 1 saturated carbocycles. The first kappa shape index (κ1) is 57.1. The summed E-state index contributed by atoms with van der Waals surface area (Å²) in [4.78, 5) is 0. The van der Waals surface area contributed by atoms with Crippen LogP contribution in [0.5, 0.6) is 0 Å². The third kappa shape index (κ3) is 39.8. The lowest BCUT2D eigenvalue weighted by molar-refractivity contribution is 0.259. The second-order valence-electron chi connectivity index (χ2n) is 19.5. The Morgan fingerprint density at radius 2 is 0.962 bits per heavy atom. The predicted molar refractivity (Wildman–Crippen MR) is 245 cm³/mol. The Labute approximate surface area is 337 Å². The van der Waals surface area contributed by atoms with Gasteiger partial charge in [-0.15, -0.1) is 0 Å². The third-order valence-electron chi connectivity index (χ3n) is 11.7. The van der Waals surface area contributed by atoms with Gasteiger partial charge in [0.2, 0.25) is 0 Å². The van der Waals surface area contributed by atoms with Crippen LogP contribution in [0.15, 0.2) is 0 Å². The summed E-state index contributed by atoms with van der Waals surface area (Å²) in [6, 6.07) is 1.32. The summed E-state index contributed by atoms with van der Waals surface area (Å²) in [5.41, 5.74) is 11.0. The largest absolute Gasteiger partial charge is 0.330 e. The monoisotopic (exact) mass is 754 g/mol. The summed E-state index contributed by atoms with van der Waals surface area (Å²) in [6.07, 6.45) is 18.8. The molecule has 324 valence electrons. The van der Waals surface area contributed by atoms with Crippen LogP contribution in [0.4, 0.5) is 0 Å². The average molecular weight is 754 g/mol. The predicted octanol–water partition coefficient (Wildman–Crippen LogP) is 12.3. The van der Waals surface area contributed by atoms with Crippen LogP contribution in [-0.4, -0.2) is 51.4 Å². The van der Waals surface area contributed by atoms with E-state index in [0.717, 1.165) is 78.2 Å². The molecule has 53 heavy (non-hydrogen) atoms. The highest BCUT2D eigenvalue weighted by atomic mass is 14.9. The molecule has 1 aliphatic carbocycles. The molecule has 4 rings (SSSR count). The van der Waals surface area contributed by atoms with Gasteiger partial charge < -0.3 is 27.4 Å². The van der Waals surface area contributed by atoms with Crippen LogP contribution in [0.2, 0.25) is 0 Å². The van der Waals surface area contributed by atoms with Crippen LogP contribution in [-0.2, 0) is 0 Å². The lowest BCUT2D eigenvalue weighted by Crippen LogP contribution is -2.29. The summed E-state index contributed by atoms with van der Waals surface area (Å²) < 4.78 is 0. The molecule has 3 heterocycles. The highest BCUT2D eigenvalue weighted by Gasteiger charge is 2.20. The van der Waals surface area contributed by atoms with E-state index >= 15 is 0 Å². The van der Waals surface area contributed by atoms with Crippen molar-refractivity contribution < 1.29 is 0 Å². The Bertz CT molecular complexity index is 658. The number of piperidine rings is 1. The minimum atomic E-state index is 0.509. The zero-order chi connectivity index (χ0) is 41.2. The van der Waals surface area contributed by atoms with Gasteiger partial charge in [-0.1, -0.05) is 136 Å². The van der Waals surface area contributed by atoms with E-state index in [1.54, 1.807) is 0 Å². The lowest BCUT2D eigenvalue weighted by atomic mass is 9.80. The van der Waals surface area contributed by atoms with Gasteiger partial charge in [0, 0.05) is 12.1 Å². The average Bonchev–Trinajstić information content (AvgIpc) is 3.86. The van der Waals surface area contributed by atoms with Crippen molar-refractivity contribution >= 4 is 0 Å². The third-order valence-corrected chi connectivity index (χ3v) is 11.7. The Kier molecular flexibility index (Phi) is 41.7. The number of nitrogens with one attached hydrogen (secondary N) is 3. The molecule has 0 spiro atoms. The molecule has 0 amide bonds. The Balaban J connectivity index is -0.000000556. The molecular formula is C48H107N5. The van der Waals surface area contributed by atoms with Crippen molar-refractivity contribution in [2.75, 3.05) is 39.3 Å². The molecule has 5 heteroatoms. The van der Waals surface area contributed by atoms with E-state index in [1.807, 2.05) is 0 Å². The standard InChI is InChI=1S/C9H19N.C8H17N.2C7H15N.C7H16.C5H13N.C5H12/c1-7(2)8-3-5-9(10)6-4-8;1-7(2)8-3-5-9-6-4-8;1-6(2)7-3-4-8-5-7;1-6(2)7-4-3-5-8-7;1-4-5-6-7(2)3;1-5(2)3-4-6;1-4-5(2)3/h7-9H,3-6,10H2,1-2H3;7-9H,3-6H2,1-2H3;2*6-8H,3-5H2,1-2H3;7H,4-6H2,1-3H3;5H,3-4,6H2,1-2H3;5H,4H2,1-3H3. The van der Waals surface area contributed by atoms with Crippen LogP contribution in [0.1, 0.15) is 201 Å². The molecule has 4 fully saturated rings. The summed E-state index contributed by atoms with van der Waals surface area (Å²) in [7, 11) is 0. The maximum atomic E-state index is 5.80. The van der Waals surface area contributed by atoms with Crippen LogP contribution in [0.25, 0.3) is 0 Å². The molecule has 4 aliphatic rings. The Hall–Kier alpha value is -0.200. The summed E-state index contributed by atoms with van der Waals surface area (Å²) >= 11 is 0. The van der Waals surface area contributed by atoms with Crippen molar-refractivity contribution in [2.24, 2.45) is 70.6 Å². The maximum Gasteiger partial charge on any atom is 0.00905 e. The fourth-order valence-corrected chi connectivity index (χ4v) is 6.79. The molecule has 0 bridgehead atoms. The van der Waals surface area contributed by atoms with E-state index in [9.17, 15) is 0 Å². The van der Waals surface area contributed by atoms with E-state index < -0.39 is 0 Å². The number of nitrogens with two attached hydrogens (primary N) is 2. The summed E-state index contributed by atoms with van der Waals surface area (Å²) in [5, 5.41) is 10.2. The number of unbranched alkanes of at least 4 members (excludes halogenated alkanes) is 1. The molecule has 7 N–H and O–H groups in total. The zero-order valence-corrected chi connectivity index (χ0v) is 39.7. The normalized spacial score (nSPS) is 22.8. The van der Waals surface area contributed by atoms with Crippen molar-refractivity contribution in [3.05, 3.63) is 0 Å². The van der Waals surface area contributed by atoms with Gasteiger partial charge in [0.05, 0.1) is 0 Å². The van der Waals surface area contributed by atoms with Gasteiger partial charge in [-0.25, -0.2) is 0 Å². The first-order chi connectivity index (χ1) is 24.9. The zero-order valence-electron chi connectivity index (χ0n) is 39.7. The molecule has 2 unspecified atom stereocenters. The summed E-state index contributed by atoms with van der Waals surface area (Å²) in [5.74, 6) is 8.94. The van der Waals surface area contributed by atoms with Crippen LogP contribution in [0.3, 0.4) is 0 Å². The molecule has 0 aromatic carbocycles. The Morgan fingerprint density at radius 1 is 0.509 bits per heavy atom. The number of rotatable bonds is 10. The second-order valence-corrected chi connectivity index (χ2v) is 19.5. The maximum absolute atomic E-state index is 5.80. The molecular weight excluding hydrogens is 647 g/mol. The van der Waals surface area contributed by atoms with Gasteiger partial charge in [0.15, 0.2) is 0 Å². The van der Waals surface area contributed by atoms with Gasteiger partial charge in [-0.2, -0.15) is 0 Å². The number of hydrogen-bond acceptors (Lipinski definition) is 5. The van der Waals surface area contributed by atoms with Crippen molar-refractivity contribution in [3.8, 4) is 0 Å². The smallest absolute Gasteiger partial charge is 0.00905 e. The van der Waals surface area contributed by atoms with Gasteiger partial charge in [-0.05, 0) is 163 Å². The minimum Gasteiger partial charge on any atom is -0.330 e. The minimum absolute atomic E-state index is 0.509. The molecule has 3 aliphatic heterocycles. The molecule has 0 aromatic heterocycles. The van der Waals surface area contributed by atoms with Crippen molar-refractivity contribution in [3.63, 3.8) is 0 Å². The van der Waals surface area contributed by atoms with Gasteiger partial charge >= 0.3 is 0 Å². The van der Waals surface area contributed by atoms with E-state index in [2.05, 4.69) is 127 Å². The molecule has 5 nitrogen and oxygen atoms in total. The van der Waals surface area contributed by atoms with Crippen LogP contribution < -0.4 is 27.4 Å². The summed E-state index contributed by atoms with van der Waals surface area (Å²) in [6.45, 7) is 43.3. The van der Waals surface area contributed by atoms with Gasteiger partial charge in [0.25, 0.3) is 0 Å². The van der Waals surface area contributed by atoms with Crippen molar-refractivity contribution in [2.45, 2.75) is 213 Å². The van der Waals surface area contributed by atoms with Crippen LogP contribution >= 0.6 is 0 Å². The highest BCUT2D eigenvalue weighted by Crippen LogP contribution is 2.28. The first-order valence-corrected chi connectivity index (χ1v) is 23.5. The van der Waals surface area contributed by atoms with Gasteiger partial charge in [0.1, 0.15) is 0 Å². The fraction of sp³-hybridized carbons (Fsp3) is 1.00. The van der Waals surface area contributed by atoms with Crippen molar-refractivity contribution in [1.82, 2.24) is 16.0 Å². The number of hydrogen-bond donors (Lipinski definition) is 5. The molecule has 3 saturated heterocycles. The van der Waals surface area contributed by atoms with E-state index in [1.165, 1.54) is 116 Å². The quantitative estimate of drug-likeness (QED) is 0.153. The van der Waals surface area contributed by atoms with E-state index in [4.69, 9.17) is 11.5 Å². The Morgan fingerprint density at radius 3 is 1.19 bits per heavy atom. The topological polar surface area (TPSA) is 88.1 Å². The fourth-order valence-electron chi connectivity index (χ4n) is 6.79. The molecule has 2 atom stereocenters. The SMILES string of the molecule is CC(C)C1CCC(N)CC1.CC(C)C1CCCN1.CC(C)C1CCNC1.CC(C)C1CCNCC1.CC(C)CCN.CCC(C)C.CCCCC(C)C. The molecule has 0 aromatic rings. The van der Waals surface area contributed by atoms with Crippen LogP contribution in [0, 0.1) is 59.2 Å². The van der Waals surface area contributed by atoms with E-state index in [0.29, 0.717) is 6.04 Å².